The molecular formula is C15H14Cl2N2OS. The summed E-state index contributed by atoms with van der Waals surface area (Å²) >= 11 is 13.3. The molecule has 2 aromatic carbocycles. The van der Waals surface area contributed by atoms with Crippen LogP contribution in [-0.2, 0) is 4.79 Å². The van der Waals surface area contributed by atoms with E-state index in [0.717, 1.165) is 10.5 Å². The van der Waals surface area contributed by atoms with Crippen molar-refractivity contribution in [3.05, 3.63) is 52.0 Å². The molecule has 0 saturated heterocycles. The molecule has 21 heavy (non-hydrogen) atoms. The van der Waals surface area contributed by atoms with Crippen LogP contribution in [0.3, 0.4) is 0 Å². The van der Waals surface area contributed by atoms with Crippen LogP contribution in [0, 0.1) is 6.92 Å². The normalized spacial score (nSPS) is 10.4. The van der Waals surface area contributed by atoms with Crippen LogP contribution in [0.15, 0.2) is 41.3 Å². The largest absolute Gasteiger partial charge is 0.397 e. The minimum absolute atomic E-state index is 0.137. The number of benzene rings is 2. The molecule has 0 heterocycles. The highest BCUT2D eigenvalue weighted by Gasteiger charge is 2.08. The van der Waals surface area contributed by atoms with Crippen molar-refractivity contribution >= 4 is 52.2 Å². The van der Waals surface area contributed by atoms with Gasteiger partial charge in [-0.15, -0.1) is 11.8 Å². The molecule has 0 saturated carbocycles. The molecule has 0 unspecified atom stereocenters. The summed E-state index contributed by atoms with van der Waals surface area (Å²) in [5.74, 6) is 0.147. The van der Waals surface area contributed by atoms with Crippen molar-refractivity contribution in [2.45, 2.75) is 11.8 Å². The van der Waals surface area contributed by atoms with E-state index >= 15 is 0 Å². The SMILES string of the molecule is Cc1cc(N)c(NC(=O)CSc2ccc(Cl)cc2)cc1Cl. The van der Waals surface area contributed by atoms with Gasteiger partial charge in [-0.3, -0.25) is 4.79 Å². The van der Waals surface area contributed by atoms with Gasteiger partial charge in [-0.2, -0.15) is 0 Å². The van der Waals surface area contributed by atoms with Gasteiger partial charge in [0.1, 0.15) is 0 Å². The summed E-state index contributed by atoms with van der Waals surface area (Å²) < 4.78 is 0. The number of thioether (sulfide) groups is 1. The molecule has 2 rings (SSSR count). The highest BCUT2D eigenvalue weighted by atomic mass is 35.5. The van der Waals surface area contributed by atoms with E-state index < -0.39 is 0 Å². The fraction of sp³-hybridized carbons (Fsp3) is 0.133. The molecule has 0 aromatic heterocycles. The molecule has 0 spiro atoms. The van der Waals surface area contributed by atoms with E-state index in [9.17, 15) is 4.79 Å². The third-order valence-corrected chi connectivity index (χ3v) is 4.46. The zero-order valence-electron chi connectivity index (χ0n) is 11.3. The first-order valence-corrected chi connectivity index (χ1v) is 7.93. The van der Waals surface area contributed by atoms with Gasteiger partial charge in [0.15, 0.2) is 0 Å². The summed E-state index contributed by atoms with van der Waals surface area (Å²) in [7, 11) is 0. The number of aryl methyl sites for hydroxylation is 1. The van der Waals surface area contributed by atoms with Gasteiger partial charge < -0.3 is 11.1 Å². The van der Waals surface area contributed by atoms with Crippen molar-refractivity contribution in [1.29, 1.82) is 0 Å². The number of amides is 1. The molecule has 3 nitrogen and oxygen atoms in total. The number of nitrogens with two attached hydrogens (primary N) is 1. The maximum atomic E-state index is 11.9. The van der Waals surface area contributed by atoms with Crippen LogP contribution < -0.4 is 11.1 Å². The standard InChI is InChI=1S/C15H14Cl2N2OS/c1-9-6-13(18)14(7-12(9)17)19-15(20)8-21-11-4-2-10(16)3-5-11/h2-7H,8,18H2,1H3,(H,19,20). The Hall–Kier alpha value is -1.36. The first kappa shape index (κ1) is 16.0. The number of carbonyl (C=O) groups is 1. The number of rotatable bonds is 4. The average Bonchev–Trinajstić information content (AvgIpc) is 2.44. The number of hydrogen-bond acceptors (Lipinski definition) is 3. The Kier molecular flexibility index (Phi) is 5.39. The van der Waals surface area contributed by atoms with Crippen LogP contribution in [0.25, 0.3) is 0 Å². The number of anilines is 2. The number of carbonyl (C=O) groups excluding carboxylic acids is 1. The third kappa shape index (κ3) is 4.56. The second-order valence-electron chi connectivity index (χ2n) is 4.48. The predicted molar refractivity (Wildman–Crippen MR) is 91.4 cm³/mol. The second kappa shape index (κ2) is 7.07. The van der Waals surface area contributed by atoms with Gasteiger partial charge >= 0.3 is 0 Å². The molecule has 0 aliphatic heterocycles. The van der Waals surface area contributed by atoms with Gasteiger partial charge in [-0.25, -0.2) is 0 Å². The third-order valence-electron chi connectivity index (χ3n) is 2.79. The Morgan fingerprint density at radius 3 is 2.57 bits per heavy atom. The van der Waals surface area contributed by atoms with Crippen LogP contribution in [0.1, 0.15) is 5.56 Å². The Bertz CT molecular complexity index is 659. The van der Waals surface area contributed by atoms with Crippen molar-refractivity contribution in [1.82, 2.24) is 0 Å². The number of nitrogens with one attached hydrogen (secondary N) is 1. The molecular weight excluding hydrogens is 327 g/mol. The average molecular weight is 341 g/mol. The Labute approximate surface area is 137 Å². The fourth-order valence-electron chi connectivity index (χ4n) is 1.68. The molecule has 1 amide bonds. The Balaban J connectivity index is 1.96. The zero-order chi connectivity index (χ0) is 15.4. The summed E-state index contributed by atoms with van der Waals surface area (Å²) in [6.45, 7) is 1.86. The van der Waals surface area contributed by atoms with Crippen molar-refractivity contribution in [2.24, 2.45) is 0 Å². The van der Waals surface area contributed by atoms with Crippen LogP contribution in [-0.4, -0.2) is 11.7 Å². The summed E-state index contributed by atoms with van der Waals surface area (Å²) in [6, 6.07) is 10.7. The molecule has 110 valence electrons. The fourth-order valence-corrected chi connectivity index (χ4v) is 2.67. The van der Waals surface area contributed by atoms with Crippen LogP contribution in [0.5, 0.6) is 0 Å². The van der Waals surface area contributed by atoms with Crippen LogP contribution in [0.2, 0.25) is 10.0 Å². The molecule has 6 heteroatoms. The van der Waals surface area contributed by atoms with E-state index in [1.807, 2.05) is 19.1 Å². The molecule has 3 N–H and O–H groups in total. The van der Waals surface area contributed by atoms with Crippen molar-refractivity contribution in [3.8, 4) is 0 Å². The molecule has 0 atom stereocenters. The number of nitrogen functional groups attached to an aromatic ring is 1. The van der Waals surface area contributed by atoms with Gasteiger partial charge in [0.05, 0.1) is 17.1 Å². The van der Waals surface area contributed by atoms with E-state index in [0.29, 0.717) is 21.4 Å². The first-order chi connectivity index (χ1) is 9.95. The lowest BCUT2D eigenvalue weighted by Crippen LogP contribution is -2.15. The zero-order valence-corrected chi connectivity index (χ0v) is 13.6. The van der Waals surface area contributed by atoms with Crippen LogP contribution in [0.4, 0.5) is 11.4 Å². The van der Waals surface area contributed by atoms with Gasteiger partial charge in [0.2, 0.25) is 5.91 Å². The Morgan fingerprint density at radius 2 is 1.90 bits per heavy atom. The summed E-state index contributed by atoms with van der Waals surface area (Å²) in [5.41, 5.74) is 7.78. The molecule has 0 aliphatic carbocycles. The summed E-state index contributed by atoms with van der Waals surface area (Å²) in [5, 5.41) is 4.01. The molecule has 0 fully saturated rings. The summed E-state index contributed by atoms with van der Waals surface area (Å²) in [4.78, 5) is 12.9. The smallest absolute Gasteiger partial charge is 0.234 e. The topological polar surface area (TPSA) is 55.1 Å². The van der Waals surface area contributed by atoms with Gasteiger partial charge in [0.25, 0.3) is 0 Å². The first-order valence-electron chi connectivity index (χ1n) is 6.19. The second-order valence-corrected chi connectivity index (χ2v) is 6.37. The van der Waals surface area contributed by atoms with E-state index in [4.69, 9.17) is 28.9 Å². The van der Waals surface area contributed by atoms with Gasteiger partial charge in [0, 0.05) is 14.9 Å². The van der Waals surface area contributed by atoms with Crippen molar-refractivity contribution in [2.75, 3.05) is 16.8 Å². The molecule has 2 aromatic rings. The number of halogens is 2. The predicted octanol–water partition coefficient (Wildman–Crippen LogP) is 4.61. The highest BCUT2D eigenvalue weighted by Crippen LogP contribution is 2.27. The minimum atomic E-state index is -0.137. The van der Waals surface area contributed by atoms with Crippen LogP contribution >= 0.6 is 35.0 Å². The van der Waals surface area contributed by atoms with E-state index in [-0.39, 0.29) is 11.7 Å². The van der Waals surface area contributed by atoms with E-state index in [1.54, 1.807) is 24.3 Å². The van der Waals surface area contributed by atoms with Gasteiger partial charge in [-0.1, -0.05) is 23.2 Å². The highest BCUT2D eigenvalue weighted by molar-refractivity contribution is 8.00. The van der Waals surface area contributed by atoms with Crippen molar-refractivity contribution < 1.29 is 4.79 Å². The monoisotopic (exact) mass is 340 g/mol. The minimum Gasteiger partial charge on any atom is -0.397 e. The van der Waals surface area contributed by atoms with E-state index in [1.165, 1.54) is 11.8 Å². The summed E-state index contributed by atoms with van der Waals surface area (Å²) in [6.07, 6.45) is 0. The molecule has 0 bridgehead atoms. The maximum absolute atomic E-state index is 11.9. The van der Waals surface area contributed by atoms with E-state index in [2.05, 4.69) is 5.32 Å². The maximum Gasteiger partial charge on any atom is 0.234 e. The molecule has 0 radical (unpaired) electrons. The number of hydrogen-bond donors (Lipinski definition) is 2. The lowest BCUT2D eigenvalue weighted by atomic mass is 10.2. The van der Waals surface area contributed by atoms with Gasteiger partial charge in [-0.05, 0) is 48.9 Å². The van der Waals surface area contributed by atoms with Crippen molar-refractivity contribution in [3.63, 3.8) is 0 Å². The quantitative estimate of drug-likeness (QED) is 0.630. The Morgan fingerprint density at radius 1 is 1.24 bits per heavy atom. The lowest BCUT2D eigenvalue weighted by molar-refractivity contribution is -0.113. The molecule has 0 aliphatic rings. The lowest BCUT2D eigenvalue weighted by Gasteiger charge is -2.10.